The Morgan fingerprint density at radius 2 is 0.662 bits per heavy atom. The van der Waals surface area contributed by atoms with Crippen molar-refractivity contribution < 1.29 is 4.57 Å². The fraction of sp³-hybridized carbons (Fsp3) is 0.0476. The minimum atomic E-state index is -3.34. The van der Waals surface area contributed by atoms with Gasteiger partial charge in [0.05, 0.1) is 10.8 Å². The second-order valence-electron chi connectivity index (χ2n) is 18.3. The van der Waals surface area contributed by atoms with Crippen LogP contribution in [-0.4, -0.2) is 0 Å². The largest absolute Gasteiger partial charge is 0.309 e. The Labute approximate surface area is 379 Å². The first-order valence-corrected chi connectivity index (χ1v) is 24.4. The van der Waals surface area contributed by atoms with Gasteiger partial charge in [0.15, 0.2) is 7.14 Å². The first-order valence-electron chi connectivity index (χ1n) is 22.7. The fourth-order valence-electron chi connectivity index (χ4n) is 12.6. The van der Waals surface area contributed by atoms with Gasteiger partial charge >= 0.3 is 0 Å². The number of aryl methyl sites for hydroxylation is 1. The molecule has 4 aliphatic carbocycles. The molecule has 10 aromatic rings. The Balaban J connectivity index is 1.17. The van der Waals surface area contributed by atoms with Crippen LogP contribution in [0.3, 0.4) is 0 Å². The van der Waals surface area contributed by atoms with E-state index in [1.807, 2.05) is 60.7 Å². The summed E-state index contributed by atoms with van der Waals surface area (Å²) in [6.45, 7) is 2.24. The molecule has 0 saturated heterocycles. The highest BCUT2D eigenvalue weighted by Crippen LogP contribution is 2.73. The van der Waals surface area contributed by atoms with Gasteiger partial charge in [-0.25, -0.2) is 0 Å². The Kier molecular flexibility index (Phi) is 7.51. The van der Waals surface area contributed by atoms with E-state index in [0.717, 1.165) is 15.9 Å². The molecule has 304 valence electrons. The third-order valence-corrected chi connectivity index (χ3v) is 18.2. The van der Waals surface area contributed by atoms with Crippen molar-refractivity contribution in [1.29, 1.82) is 0 Å². The molecule has 2 spiro atoms. The van der Waals surface area contributed by atoms with Crippen LogP contribution in [-0.2, 0) is 15.4 Å². The molecule has 0 aliphatic heterocycles. The molecule has 0 N–H and O–H groups in total. The maximum atomic E-state index is 16.4. The molecule has 0 fully saturated rings. The first-order chi connectivity index (χ1) is 32.0. The zero-order valence-corrected chi connectivity index (χ0v) is 36.7. The highest BCUT2D eigenvalue weighted by molar-refractivity contribution is 7.85. The highest BCUT2D eigenvalue weighted by atomic mass is 31.2. The third-order valence-electron chi connectivity index (χ3n) is 15.2. The number of hydrogen-bond donors (Lipinski definition) is 0. The Bertz CT molecular complexity index is 3540. The van der Waals surface area contributed by atoms with Gasteiger partial charge < -0.3 is 4.57 Å². The predicted octanol–water partition coefficient (Wildman–Crippen LogP) is 14.0. The van der Waals surface area contributed by atoms with Crippen molar-refractivity contribution in [3.8, 4) is 55.6 Å². The topological polar surface area (TPSA) is 17.1 Å². The molecule has 0 aromatic heterocycles. The zero-order valence-electron chi connectivity index (χ0n) is 35.8. The summed E-state index contributed by atoms with van der Waals surface area (Å²) in [5.74, 6) is 0. The second-order valence-corrected chi connectivity index (χ2v) is 21.0. The SMILES string of the molecule is Cc1ccc2c(c1)C1(c3ccccc3-2)c2cc(-c3ccccc3)cc3c2-c2c1cc(-c1ccccc1)cc2C31c2ccccc2-c2ccc(P(=O)(c3ccccc3)c3ccccc3)cc21. The summed E-state index contributed by atoms with van der Waals surface area (Å²) in [4.78, 5) is 0. The standard InChI is InChI=1S/C63H41OP/c1-40-30-32-50-48-26-14-16-28-52(48)62(54(50)34-40)56-35-43(41-18-6-2-7-19-41)37-58-60(56)61-57(62)36-44(42-20-8-3-9-21-42)38-59(61)63(58)53-29-17-15-27-49(53)51-33-31-47(39-55(51)63)65(64,45-22-10-4-11-23-45)46-24-12-5-13-25-46/h2-39H,1H3. The van der Waals surface area contributed by atoms with Crippen molar-refractivity contribution in [3.63, 3.8) is 0 Å². The Morgan fingerprint density at radius 1 is 0.292 bits per heavy atom. The van der Waals surface area contributed by atoms with Gasteiger partial charge in [0.2, 0.25) is 0 Å². The van der Waals surface area contributed by atoms with Gasteiger partial charge in [-0.15, -0.1) is 0 Å². The van der Waals surface area contributed by atoms with Gasteiger partial charge in [0.1, 0.15) is 0 Å². The lowest BCUT2D eigenvalue weighted by molar-refractivity contribution is 0.592. The van der Waals surface area contributed by atoms with Gasteiger partial charge in [0.25, 0.3) is 0 Å². The molecule has 0 amide bonds. The zero-order chi connectivity index (χ0) is 43.1. The van der Waals surface area contributed by atoms with Crippen LogP contribution in [0.5, 0.6) is 0 Å². The van der Waals surface area contributed by atoms with E-state index in [4.69, 9.17) is 0 Å². The van der Waals surface area contributed by atoms with E-state index in [0.29, 0.717) is 0 Å². The van der Waals surface area contributed by atoms with Crippen molar-refractivity contribution in [2.75, 3.05) is 0 Å². The van der Waals surface area contributed by atoms with Crippen LogP contribution >= 0.6 is 7.14 Å². The molecule has 65 heavy (non-hydrogen) atoms. The number of rotatable bonds is 5. The van der Waals surface area contributed by atoms with Crippen molar-refractivity contribution in [2.45, 2.75) is 17.8 Å². The third kappa shape index (κ3) is 4.61. The minimum Gasteiger partial charge on any atom is -0.309 e. The lowest BCUT2D eigenvalue weighted by Crippen LogP contribution is -2.32. The maximum absolute atomic E-state index is 16.4. The van der Waals surface area contributed by atoms with Gasteiger partial charge in [0, 0.05) is 15.9 Å². The summed E-state index contributed by atoms with van der Waals surface area (Å²) >= 11 is 0. The Morgan fingerprint density at radius 3 is 1.12 bits per heavy atom. The number of fused-ring (bicyclic) bond motifs is 14. The highest BCUT2D eigenvalue weighted by Gasteiger charge is 2.61. The molecule has 0 atom stereocenters. The van der Waals surface area contributed by atoms with Crippen LogP contribution in [0.2, 0.25) is 0 Å². The van der Waals surface area contributed by atoms with E-state index in [1.165, 1.54) is 106 Å². The lowest BCUT2D eigenvalue weighted by atomic mass is 9.64. The van der Waals surface area contributed by atoms with E-state index < -0.39 is 18.0 Å². The number of hydrogen-bond acceptors (Lipinski definition) is 1. The van der Waals surface area contributed by atoms with Crippen molar-refractivity contribution in [2.24, 2.45) is 0 Å². The Hall–Kier alpha value is -7.57. The van der Waals surface area contributed by atoms with Gasteiger partial charge in [-0.2, -0.15) is 0 Å². The molecule has 0 saturated carbocycles. The molecule has 0 bridgehead atoms. The summed E-state index contributed by atoms with van der Waals surface area (Å²) in [6.07, 6.45) is 0. The summed E-state index contributed by atoms with van der Waals surface area (Å²) in [5, 5.41) is 2.52. The van der Waals surface area contributed by atoms with Crippen LogP contribution < -0.4 is 15.9 Å². The van der Waals surface area contributed by atoms with E-state index in [9.17, 15) is 0 Å². The van der Waals surface area contributed by atoms with E-state index in [1.54, 1.807) is 0 Å². The average molecular weight is 845 g/mol. The molecule has 2 heteroatoms. The number of benzene rings is 10. The summed E-state index contributed by atoms with van der Waals surface area (Å²) in [5.41, 5.74) is 22.9. The van der Waals surface area contributed by atoms with Crippen LogP contribution in [0.25, 0.3) is 55.6 Å². The van der Waals surface area contributed by atoms with E-state index in [2.05, 4.69) is 177 Å². The molecular formula is C63H41OP. The van der Waals surface area contributed by atoms with Crippen molar-refractivity contribution in [3.05, 3.63) is 281 Å². The average Bonchev–Trinajstić information content (AvgIpc) is 4.05. The molecule has 1 nitrogen and oxygen atoms in total. The molecule has 14 rings (SSSR count). The van der Waals surface area contributed by atoms with E-state index in [-0.39, 0.29) is 0 Å². The molecular weight excluding hydrogens is 804 g/mol. The van der Waals surface area contributed by atoms with Crippen molar-refractivity contribution in [1.82, 2.24) is 0 Å². The van der Waals surface area contributed by atoms with Crippen LogP contribution in [0.4, 0.5) is 0 Å². The molecule has 10 aromatic carbocycles. The van der Waals surface area contributed by atoms with Gasteiger partial charge in [-0.3, -0.25) is 0 Å². The maximum Gasteiger partial charge on any atom is 0.171 e. The fourth-order valence-corrected chi connectivity index (χ4v) is 15.3. The molecule has 0 heterocycles. The summed E-state index contributed by atoms with van der Waals surface area (Å²) in [6, 6.07) is 84.3. The van der Waals surface area contributed by atoms with Crippen LogP contribution in [0, 0.1) is 6.92 Å². The monoisotopic (exact) mass is 844 g/mol. The van der Waals surface area contributed by atoms with Crippen LogP contribution in [0.1, 0.15) is 50.1 Å². The van der Waals surface area contributed by atoms with E-state index >= 15 is 4.57 Å². The van der Waals surface area contributed by atoms with Gasteiger partial charge in [-0.05, 0) is 137 Å². The summed E-state index contributed by atoms with van der Waals surface area (Å²) in [7, 11) is -3.34. The molecule has 4 aliphatic rings. The lowest BCUT2D eigenvalue weighted by Gasteiger charge is -2.37. The molecule has 0 radical (unpaired) electrons. The quantitative estimate of drug-likeness (QED) is 0.158. The second kappa shape index (κ2) is 13.2. The summed E-state index contributed by atoms with van der Waals surface area (Å²) < 4.78 is 16.4. The van der Waals surface area contributed by atoms with Gasteiger partial charge in [-0.1, -0.05) is 206 Å². The predicted molar refractivity (Wildman–Crippen MR) is 269 cm³/mol. The minimum absolute atomic E-state index is 0.553. The normalized spacial score (nSPS) is 14.5. The first kappa shape index (κ1) is 36.9. The molecule has 0 unspecified atom stereocenters. The van der Waals surface area contributed by atoms with Crippen molar-refractivity contribution >= 4 is 23.1 Å². The smallest absolute Gasteiger partial charge is 0.171 e. The van der Waals surface area contributed by atoms with Crippen LogP contribution in [0.15, 0.2) is 231 Å².